The highest BCUT2D eigenvalue weighted by atomic mass is 31.2. The maximum absolute atomic E-state index is 12.9. The second kappa shape index (κ2) is 77.3. The fourth-order valence-electron chi connectivity index (χ4n) is 11.5. The van der Waals surface area contributed by atoms with Crippen LogP contribution in [0.5, 0.6) is 0 Å². The first-order valence-electron chi connectivity index (χ1n) is 40.9. The molecule has 98 heavy (non-hydrogen) atoms. The molecule has 0 aliphatic carbocycles. The Labute approximate surface area is 606 Å². The van der Waals surface area contributed by atoms with Gasteiger partial charge in [-0.3, -0.25) is 14.2 Å². The number of likely N-dealkylation sites (N-methyl/N-ethyl adjacent to an activating group) is 1. The summed E-state index contributed by atoms with van der Waals surface area (Å²) in [5.41, 5.74) is 0. The molecule has 0 spiro atoms. The van der Waals surface area contributed by atoms with Gasteiger partial charge in [0.25, 0.3) is 7.82 Å². The number of hydrogen-bond donors (Lipinski definition) is 0. The molecule has 0 amide bonds. The average molecular weight is 1390 g/mol. The first-order chi connectivity index (χ1) is 48.0. The van der Waals surface area contributed by atoms with Crippen LogP contribution in [0.25, 0.3) is 0 Å². The van der Waals surface area contributed by atoms with E-state index in [-0.39, 0.29) is 32.0 Å². The molecule has 0 aliphatic heterocycles. The van der Waals surface area contributed by atoms with Crippen LogP contribution < -0.4 is 4.89 Å². The number of phosphoric acid groups is 1. The lowest BCUT2D eigenvalue weighted by atomic mass is 10.0. The standard InChI is InChI=1S/C88H154NO8P/c1-6-8-10-12-14-16-18-20-22-24-26-28-30-32-34-36-38-40-42-44-46-48-50-52-54-56-58-60-62-64-66-68-70-72-74-76-78-80-87(90)94-84-86(85-96-98(92,93)95-83-82-89(3,4)5)97-88(91)81-79-77-75-73-71-69-67-65-63-61-59-57-55-53-51-49-47-45-43-41-39-37-35-33-31-29-27-25-23-21-19-17-15-13-11-9-7-2/h8-11,14-17,20-23,26-29,32-35,39,41,86H,6-7,12-13,18-19,24-25,30-31,36-38,40,42-85H2,1-5H3/b10-8-,11-9-,16-14-,17-15-,22-20-,23-21-,28-26-,29-27-,34-32-,35-33-,41-39-. The largest absolute Gasteiger partial charge is 0.756 e. The first kappa shape index (κ1) is 94.2. The quantitative estimate of drug-likeness (QED) is 0.0195. The summed E-state index contributed by atoms with van der Waals surface area (Å²) in [6.45, 7) is 4.05. The van der Waals surface area contributed by atoms with Gasteiger partial charge >= 0.3 is 11.9 Å². The Balaban J connectivity index is 3.94. The molecule has 0 radical (unpaired) electrons. The number of carbonyl (C=O) groups is 2. The van der Waals surface area contributed by atoms with Crippen molar-refractivity contribution in [1.29, 1.82) is 0 Å². The van der Waals surface area contributed by atoms with Gasteiger partial charge in [-0.1, -0.05) is 372 Å². The lowest BCUT2D eigenvalue weighted by Crippen LogP contribution is -2.37. The van der Waals surface area contributed by atoms with Gasteiger partial charge in [0.15, 0.2) is 6.10 Å². The highest BCUT2D eigenvalue weighted by molar-refractivity contribution is 7.45. The molecule has 9 nitrogen and oxygen atoms in total. The van der Waals surface area contributed by atoms with Crippen LogP contribution in [-0.4, -0.2) is 70.0 Å². The van der Waals surface area contributed by atoms with Crippen molar-refractivity contribution in [3.05, 3.63) is 134 Å². The van der Waals surface area contributed by atoms with Gasteiger partial charge in [-0.05, 0) is 109 Å². The van der Waals surface area contributed by atoms with E-state index in [0.29, 0.717) is 17.4 Å². The van der Waals surface area contributed by atoms with E-state index in [2.05, 4.69) is 148 Å². The van der Waals surface area contributed by atoms with E-state index in [4.69, 9.17) is 18.5 Å². The zero-order valence-corrected chi connectivity index (χ0v) is 65.3. The molecule has 0 bridgehead atoms. The zero-order chi connectivity index (χ0) is 71.1. The Kier molecular flexibility index (Phi) is 74.3. The van der Waals surface area contributed by atoms with Crippen molar-refractivity contribution < 1.29 is 42.1 Å². The predicted octanol–water partition coefficient (Wildman–Crippen LogP) is 26.9. The molecule has 0 saturated carbocycles. The van der Waals surface area contributed by atoms with Gasteiger partial charge in [0.1, 0.15) is 19.8 Å². The number of ether oxygens (including phenoxy) is 2. The molecule has 0 heterocycles. The first-order valence-corrected chi connectivity index (χ1v) is 42.4. The third-order valence-electron chi connectivity index (χ3n) is 17.7. The molecular weight excluding hydrogens is 1230 g/mol. The Morgan fingerprint density at radius 2 is 0.551 bits per heavy atom. The third kappa shape index (κ3) is 81.1. The van der Waals surface area contributed by atoms with E-state index < -0.39 is 26.5 Å². The van der Waals surface area contributed by atoms with Crippen molar-refractivity contribution in [3.8, 4) is 0 Å². The number of hydrogen-bond acceptors (Lipinski definition) is 8. The summed E-state index contributed by atoms with van der Waals surface area (Å²) in [4.78, 5) is 38.2. The fourth-order valence-corrected chi connectivity index (χ4v) is 12.2. The number of nitrogens with zero attached hydrogens (tertiary/aromatic N) is 1. The van der Waals surface area contributed by atoms with Gasteiger partial charge < -0.3 is 27.9 Å². The number of rotatable bonds is 75. The number of unbranched alkanes of at least 4 members (excludes halogenated alkanes) is 39. The Morgan fingerprint density at radius 3 is 0.816 bits per heavy atom. The number of phosphoric ester groups is 1. The maximum atomic E-state index is 12.9. The Bertz CT molecular complexity index is 2120. The minimum absolute atomic E-state index is 0.0325. The van der Waals surface area contributed by atoms with E-state index in [1.807, 2.05) is 21.1 Å². The molecule has 0 rings (SSSR count). The van der Waals surface area contributed by atoms with Crippen molar-refractivity contribution >= 4 is 19.8 Å². The molecule has 0 saturated heterocycles. The summed E-state index contributed by atoms with van der Waals surface area (Å²) in [6.07, 6.45) is 113. The van der Waals surface area contributed by atoms with E-state index in [0.717, 1.165) is 109 Å². The van der Waals surface area contributed by atoms with Gasteiger partial charge in [0, 0.05) is 12.8 Å². The van der Waals surface area contributed by atoms with Gasteiger partial charge in [-0.25, -0.2) is 0 Å². The molecule has 0 N–H and O–H groups in total. The molecule has 564 valence electrons. The molecule has 2 atom stereocenters. The zero-order valence-electron chi connectivity index (χ0n) is 64.5. The molecular formula is C88H154NO8P. The van der Waals surface area contributed by atoms with Crippen LogP contribution in [0, 0.1) is 0 Å². The summed E-state index contributed by atoms with van der Waals surface area (Å²) >= 11 is 0. The molecule has 0 aromatic rings. The number of quaternary nitrogens is 1. The second-order valence-electron chi connectivity index (χ2n) is 28.4. The van der Waals surface area contributed by atoms with Gasteiger partial charge in [0.2, 0.25) is 0 Å². The number of esters is 2. The van der Waals surface area contributed by atoms with Gasteiger partial charge in [-0.2, -0.15) is 0 Å². The molecule has 0 aromatic heterocycles. The van der Waals surface area contributed by atoms with E-state index >= 15 is 0 Å². The third-order valence-corrected chi connectivity index (χ3v) is 18.6. The molecule has 0 aliphatic rings. The molecule has 0 fully saturated rings. The topological polar surface area (TPSA) is 111 Å². The van der Waals surface area contributed by atoms with Crippen LogP contribution >= 0.6 is 7.82 Å². The summed E-state index contributed by atoms with van der Waals surface area (Å²) in [5.74, 6) is -0.820. The summed E-state index contributed by atoms with van der Waals surface area (Å²) < 4.78 is 34.4. The van der Waals surface area contributed by atoms with Crippen molar-refractivity contribution in [2.24, 2.45) is 0 Å². The van der Waals surface area contributed by atoms with Crippen molar-refractivity contribution in [2.75, 3.05) is 47.5 Å². The van der Waals surface area contributed by atoms with Crippen LogP contribution in [0.3, 0.4) is 0 Å². The van der Waals surface area contributed by atoms with E-state index in [9.17, 15) is 19.0 Å². The number of allylic oxidation sites excluding steroid dienone is 22. The lowest BCUT2D eigenvalue weighted by Gasteiger charge is -2.28. The van der Waals surface area contributed by atoms with Crippen molar-refractivity contribution in [1.82, 2.24) is 0 Å². The second-order valence-corrected chi connectivity index (χ2v) is 29.8. The van der Waals surface area contributed by atoms with Gasteiger partial charge in [-0.15, -0.1) is 0 Å². The number of carbonyl (C=O) groups excluding carboxylic acids is 2. The van der Waals surface area contributed by atoms with Crippen LogP contribution in [-0.2, 0) is 32.7 Å². The molecule has 0 aromatic carbocycles. The van der Waals surface area contributed by atoms with E-state index in [1.54, 1.807) is 0 Å². The predicted molar refractivity (Wildman–Crippen MR) is 424 cm³/mol. The molecule has 10 heteroatoms. The summed E-state index contributed by atoms with van der Waals surface area (Å²) in [7, 11) is 1.17. The summed E-state index contributed by atoms with van der Waals surface area (Å²) in [6, 6.07) is 0. The van der Waals surface area contributed by atoms with Crippen LogP contribution in [0.15, 0.2) is 134 Å². The van der Waals surface area contributed by atoms with Crippen LogP contribution in [0.1, 0.15) is 361 Å². The molecule has 2 unspecified atom stereocenters. The van der Waals surface area contributed by atoms with Crippen LogP contribution in [0.4, 0.5) is 0 Å². The smallest absolute Gasteiger partial charge is 0.306 e. The van der Waals surface area contributed by atoms with Crippen molar-refractivity contribution in [2.45, 2.75) is 367 Å². The minimum atomic E-state index is -4.65. The fraction of sp³-hybridized carbons (Fsp3) is 0.727. The van der Waals surface area contributed by atoms with Gasteiger partial charge in [0.05, 0.1) is 27.7 Å². The van der Waals surface area contributed by atoms with Crippen molar-refractivity contribution in [3.63, 3.8) is 0 Å². The minimum Gasteiger partial charge on any atom is -0.756 e. The average Bonchev–Trinajstić information content (AvgIpc) is 1.08. The Hall–Kier alpha value is -3.85. The summed E-state index contributed by atoms with van der Waals surface area (Å²) in [5, 5.41) is 0. The SMILES string of the molecule is CC/C=C\C/C=C\C/C=C\C/C=C\C/C=C\C/C=C\CCCCCCCCCCCCCCCCCCCCC(=O)OC(COC(=O)CCCCCCCCCCCCCCCCCCCCCCC/C=C\C/C=C\C/C=C\C/C=C\C/C=C\CC)COP(=O)([O-])OCC[N+](C)(C)C. The van der Waals surface area contributed by atoms with Crippen LogP contribution in [0.2, 0.25) is 0 Å². The van der Waals surface area contributed by atoms with E-state index in [1.165, 1.54) is 218 Å². The lowest BCUT2D eigenvalue weighted by molar-refractivity contribution is -0.870. The normalized spacial score (nSPS) is 13.7. The highest BCUT2D eigenvalue weighted by Crippen LogP contribution is 2.38. The highest BCUT2D eigenvalue weighted by Gasteiger charge is 2.22. The maximum Gasteiger partial charge on any atom is 0.306 e. The monoisotopic (exact) mass is 1380 g/mol. The Morgan fingerprint density at radius 1 is 0.316 bits per heavy atom.